The summed E-state index contributed by atoms with van der Waals surface area (Å²) in [6, 6.07) is 9.97. The van der Waals surface area contributed by atoms with Gasteiger partial charge in [0.15, 0.2) is 0 Å². The Labute approximate surface area is 118 Å². The van der Waals surface area contributed by atoms with Crippen molar-refractivity contribution in [3.63, 3.8) is 0 Å². The Morgan fingerprint density at radius 2 is 1.68 bits per heavy atom. The zero-order valence-electron chi connectivity index (χ0n) is 12.8. The Balaban J connectivity index is 1.95. The topological polar surface area (TPSA) is 12.5 Å². The Kier molecular flexibility index (Phi) is 4.82. The first kappa shape index (κ1) is 14.8. The molecule has 2 rings (SSSR count). The van der Waals surface area contributed by atoms with E-state index in [0.29, 0.717) is 6.04 Å². The van der Waals surface area contributed by atoms with E-state index in [4.69, 9.17) is 4.74 Å². The lowest BCUT2D eigenvalue weighted by Gasteiger charge is -2.31. The third kappa shape index (κ3) is 4.16. The Morgan fingerprint density at radius 3 is 2.21 bits per heavy atom. The first-order valence-corrected chi connectivity index (χ1v) is 10.8. The van der Waals surface area contributed by atoms with Gasteiger partial charge >= 0.3 is 0 Å². The lowest BCUT2D eigenvalue weighted by atomic mass is 10.1. The van der Waals surface area contributed by atoms with Gasteiger partial charge in [0.1, 0.15) is 0 Å². The summed E-state index contributed by atoms with van der Waals surface area (Å²) in [5.41, 5.74) is 1.43. The van der Waals surface area contributed by atoms with E-state index in [0.717, 1.165) is 19.8 Å². The van der Waals surface area contributed by atoms with Crippen molar-refractivity contribution in [1.82, 2.24) is 4.90 Å². The molecule has 1 aromatic rings. The van der Waals surface area contributed by atoms with Crippen molar-refractivity contribution in [3.05, 3.63) is 29.8 Å². The van der Waals surface area contributed by atoms with Crippen LogP contribution in [-0.2, 0) is 11.3 Å². The molecule has 2 nitrogen and oxygen atoms in total. The van der Waals surface area contributed by atoms with Crippen molar-refractivity contribution in [2.45, 2.75) is 45.1 Å². The number of hydrogen-bond donors (Lipinski definition) is 0. The van der Waals surface area contributed by atoms with Crippen molar-refractivity contribution in [2.75, 3.05) is 20.3 Å². The van der Waals surface area contributed by atoms with Gasteiger partial charge in [0, 0.05) is 25.8 Å². The maximum Gasteiger partial charge on any atom is 0.0775 e. The molecule has 0 N–H and O–H groups in total. The summed E-state index contributed by atoms with van der Waals surface area (Å²) in [6.45, 7) is 10.1. The molecule has 0 atom stereocenters. The van der Waals surface area contributed by atoms with Crippen LogP contribution >= 0.6 is 0 Å². The largest absolute Gasteiger partial charge is 0.381 e. The van der Waals surface area contributed by atoms with Crippen LogP contribution in [-0.4, -0.2) is 39.3 Å². The molecule has 1 heterocycles. The van der Waals surface area contributed by atoms with Gasteiger partial charge < -0.3 is 4.74 Å². The summed E-state index contributed by atoms with van der Waals surface area (Å²) in [5, 5.41) is 1.55. The lowest BCUT2D eigenvalue weighted by Crippen LogP contribution is -2.38. The molecule has 0 saturated carbocycles. The first-order valence-electron chi connectivity index (χ1n) is 7.34. The summed E-state index contributed by atoms with van der Waals surface area (Å²) in [4.78, 5) is 2.48. The predicted molar refractivity (Wildman–Crippen MR) is 84.7 cm³/mol. The fraction of sp³-hybridized carbons (Fsp3) is 0.625. The van der Waals surface area contributed by atoms with Crippen LogP contribution in [0.3, 0.4) is 0 Å². The lowest BCUT2D eigenvalue weighted by molar-refractivity contribution is 0.0407. The molecule has 1 saturated heterocycles. The second-order valence-electron chi connectivity index (χ2n) is 6.71. The van der Waals surface area contributed by atoms with Crippen LogP contribution in [0, 0.1) is 0 Å². The number of ether oxygens (including phenoxy) is 1. The van der Waals surface area contributed by atoms with Crippen molar-refractivity contribution in [1.29, 1.82) is 0 Å². The SMILES string of the molecule is CN(Cc1ccc([Si](C)(C)C)cc1)C1CCOCC1. The van der Waals surface area contributed by atoms with E-state index in [2.05, 4.69) is 55.9 Å². The van der Waals surface area contributed by atoms with Gasteiger partial charge in [0.05, 0.1) is 8.07 Å². The summed E-state index contributed by atoms with van der Waals surface area (Å²) < 4.78 is 5.43. The van der Waals surface area contributed by atoms with Gasteiger partial charge in [-0.25, -0.2) is 0 Å². The molecule has 1 fully saturated rings. The van der Waals surface area contributed by atoms with E-state index in [-0.39, 0.29) is 0 Å². The zero-order valence-corrected chi connectivity index (χ0v) is 13.8. The molecule has 0 unspecified atom stereocenters. The summed E-state index contributed by atoms with van der Waals surface area (Å²) in [7, 11) is 1.08. The standard InChI is InChI=1S/C16H27NOSi/c1-17(15-9-11-18-12-10-15)13-14-5-7-16(8-6-14)19(2,3)4/h5-8,15H,9-13H2,1-4H3. The highest BCUT2D eigenvalue weighted by atomic mass is 28.3. The second-order valence-corrected chi connectivity index (χ2v) is 11.8. The van der Waals surface area contributed by atoms with Crippen LogP contribution in [0.15, 0.2) is 24.3 Å². The van der Waals surface area contributed by atoms with E-state index >= 15 is 0 Å². The second kappa shape index (κ2) is 6.20. The van der Waals surface area contributed by atoms with Crippen LogP contribution in [0.25, 0.3) is 0 Å². The average molecular weight is 277 g/mol. The zero-order chi connectivity index (χ0) is 13.9. The van der Waals surface area contributed by atoms with Crippen molar-refractivity contribution in [2.24, 2.45) is 0 Å². The third-order valence-corrected chi connectivity index (χ3v) is 6.13. The molecule has 0 aromatic heterocycles. The summed E-state index contributed by atoms with van der Waals surface area (Å²) >= 11 is 0. The van der Waals surface area contributed by atoms with Crippen molar-refractivity contribution in [3.8, 4) is 0 Å². The Bertz CT molecular complexity index is 390. The van der Waals surface area contributed by atoms with Gasteiger partial charge in [0.25, 0.3) is 0 Å². The highest BCUT2D eigenvalue weighted by Crippen LogP contribution is 2.15. The van der Waals surface area contributed by atoms with E-state index < -0.39 is 8.07 Å². The molecule has 0 radical (unpaired) electrons. The molecule has 19 heavy (non-hydrogen) atoms. The minimum atomic E-state index is -1.16. The maximum atomic E-state index is 5.43. The summed E-state index contributed by atoms with van der Waals surface area (Å²) in [6.07, 6.45) is 2.34. The third-order valence-electron chi connectivity index (χ3n) is 4.07. The molecule has 0 bridgehead atoms. The Hall–Kier alpha value is -0.643. The van der Waals surface area contributed by atoms with Gasteiger partial charge in [-0.2, -0.15) is 0 Å². The number of benzene rings is 1. The Morgan fingerprint density at radius 1 is 1.11 bits per heavy atom. The van der Waals surface area contributed by atoms with Gasteiger partial charge in [-0.05, 0) is 25.5 Å². The van der Waals surface area contributed by atoms with E-state index in [1.165, 1.54) is 18.4 Å². The fourth-order valence-corrected chi connectivity index (χ4v) is 3.82. The molecule has 0 amide bonds. The van der Waals surface area contributed by atoms with Gasteiger partial charge in [-0.1, -0.05) is 49.1 Å². The first-order chi connectivity index (χ1) is 8.97. The van der Waals surface area contributed by atoms with Crippen LogP contribution in [0.4, 0.5) is 0 Å². The van der Waals surface area contributed by atoms with Crippen LogP contribution in [0.1, 0.15) is 18.4 Å². The molecule has 0 spiro atoms. The van der Waals surface area contributed by atoms with E-state index in [1.807, 2.05) is 0 Å². The molecular formula is C16H27NOSi. The number of hydrogen-bond acceptors (Lipinski definition) is 2. The molecule has 1 aliphatic rings. The van der Waals surface area contributed by atoms with Gasteiger partial charge in [-0.15, -0.1) is 0 Å². The van der Waals surface area contributed by atoms with Crippen molar-refractivity contribution >= 4 is 13.3 Å². The fourth-order valence-electron chi connectivity index (χ4n) is 2.65. The maximum absolute atomic E-state index is 5.43. The summed E-state index contributed by atoms with van der Waals surface area (Å²) in [5.74, 6) is 0. The van der Waals surface area contributed by atoms with Crippen LogP contribution in [0.5, 0.6) is 0 Å². The smallest absolute Gasteiger partial charge is 0.0775 e. The minimum absolute atomic E-state index is 0.686. The highest BCUT2D eigenvalue weighted by molar-refractivity contribution is 6.88. The molecule has 3 heteroatoms. The quantitative estimate of drug-likeness (QED) is 0.785. The molecule has 0 aliphatic carbocycles. The number of nitrogens with zero attached hydrogens (tertiary/aromatic N) is 1. The number of rotatable bonds is 4. The average Bonchev–Trinajstić information content (AvgIpc) is 2.39. The predicted octanol–water partition coefficient (Wildman–Crippen LogP) is 2.84. The minimum Gasteiger partial charge on any atom is -0.381 e. The normalized spacial score (nSPS) is 17.9. The van der Waals surface area contributed by atoms with Gasteiger partial charge in [0.2, 0.25) is 0 Å². The van der Waals surface area contributed by atoms with Crippen molar-refractivity contribution < 1.29 is 4.74 Å². The van der Waals surface area contributed by atoms with E-state index in [1.54, 1.807) is 5.19 Å². The molecule has 106 valence electrons. The molecule has 1 aromatic carbocycles. The molecule has 1 aliphatic heterocycles. The molecular weight excluding hydrogens is 250 g/mol. The van der Waals surface area contributed by atoms with Crippen LogP contribution in [0.2, 0.25) is 19.6 Å². The van der Waals surface area contributed by atoms with Gasteiger partial charge in [-0.3, -0.25) is 4.90 Å². The van der Waals surface area contributed by atoms with E-state index in [9.17, 15) is 0 Å². The monoisotopic (exact) mass is 277 g/mol. The highest BCUT2D eigenvalue weighted by Gasteiger charge is 2.19. The van der Waals surface area contributed by atoms with Crippen LogP contribution < -0.4 is 5.19 Å².